The van der Waals surface area contributed by atoms with Gasteiger partial charge in [0.1, 0.15) is 0 Å². The average Bonchev–Trinajstić information content (AvgIpc) is 3.28. The van der Waals surface area contributed by atoms with Gasteiger partial charge in [-0.1, -0.05) is 48.5 Å². The Balaban J connectivity index is 1.35. The minimum absolute atomic E-state index is 0.311. The number of nitrogens with one attached hydrogen (secondary N) is 1. The molecule has 5 heteroatoms. The van der Waals surface area contributed by atoms with E-state index in [1.165, 1.54) is 0 Å². The number of aliphatic hydroxyl groups is 1. The topological polar surface area (TPSA) is 67.2 Å². The molecule has 0 bridgehead atoms. The molecule has 0 aliphatic heterocycles. The summed E-state index contributed by atoms with van der Waals surface area (Å²) < 4.78 is 1.87. The monoisotopic (exact) mass is 347 g/mol. The number of hydrogen-bond donors (Lipinski definition) is 2. The second kappa shape index (κ2) is 6.77. The van der Waals surface area contributed by atoms with Gasteiger partial charge >= 0.3 is 0 Å². The van der Waals surface area contributed by atoms with Crippen LogP contribution in [0, 0.1) is 0 Å². The summed E-state index contributed by atoms with van der Waals surface area (Å²) in [7, 11) is 0. The van der Waals surface area contributed by atoms with Gasteiger partial charge in [-0.05, 0) is 28.3 Å². The molecule has 0 saturated carbocycles. The normalized spacial score (nSPS) is 14.8. The van der Waals surface area contributed by atoms with E-state index in [0.29, 0.717) is 19.4 Å². The first kappa shape index (κ1) is 16.5. The number of aromatic nitrogens is 2. The summed E-state index contributed by atoms with van der Waals surface area (Å²) in [6.45, 7) is 1.12. The van der Waals surface area contributed by atoms with E-state index in [1.807, 2.05) is 65.5 Å². The predicted octanol–water partition coefficient (Wildman–Crippen LogP) is 2.08. The molecule has 132 valence electrons. The molecule has 0 radical (unpaired) electrons. The lowest BCUT2D eigenvalue weighted by Crippen LogP contribution is -2.47. The molecule has 1 aromatic heterocycles. The fourth-order valence-electron chi connectivity index (χ4n) is 3.45. The van der Waals surface area contributed by atoms with Crippen LogP contribution in [-0.4, -0.2) is 26.4 Å². The molecule has 1 heterocycles. The zero-order valence-corrected chi connectivity index (χ0v) is 14.4. The Hall–Kier alpha value is -2.92. The van der Waals surface area contributed by atoms with Crippen LogP contribution in [0.1, 0.15) is 22.3 Å². The highest BCUT2D eigenvalue weighted by molar-refractivity contribution is 5.86. The SMILES string of the molecule is O=C(NCc1ccc(Cn2cccn2)cc1)C1(O)Cc2ccccc2C1. The predicted molar refractivity (Wildman–Crippen MR) is 98.4 cm³/mol. The van der Waals surface area contributed by atoms with E-state index in [4.69, 9.17) is 0 Å². The van der Waals surface area contributed by atoms with E-state index >= 15 is 0 Å². The summed E-state index contributed by atoms with van der Waals surface area (Å²) in [5, 5.41) is 17.8. The van der Waals surface area contributed by atoms with E-state index in [9.17, 15) is 9.90 Å². The number of fused-ring (bicyclic) bond motifs is 1. The van der Waals surface area contributed by atoms with Gasteiger partial charge in [0.2, 0.25) is 0 Å². The van der Waals surface area contributed by atoms with Crippen molar-refractivity contribution in [2.45, 2.75) is 31.5 Å². The summed E-state index contributed by atoms with van der Waals surface area (Å²) in [4.78, 5) is 12.5. The van der Waals surface area contributed by atoms with Crippen molar-refractivity contribution < 1.29 is 9.90 Å². The van der Waals surface area contributed by atoms with Crippen LogP contribution in [0.5, 0.6) is 0 Å². The number of benzene rings is 2. The Kier molecular flexibility index (Phi) is 4.31. The molecule has 0 atom stereocenters. The molecule has 4 rings (SSSR count). The van der Waals surface area contributed by atoms with Gasteiger partial charge in [0.05, 0.1) is 6.54 Å². The Labute approximate surface area is 152 Å². The first-order chi connectivity index (χ1) is 12.6. The first-order valence-corrected chi connectivity index (χ1v) is 8.75. The van der Waals surface area contributed by atoms with Crippen LogP contribution < -0.4 is 5.32 Å². The molecular formula is C21H21N3O2. The van der Waals surface area contributed by atoms with Crippen LogP contribution in [0.25, 0.3) is 0 Å². The zero-order valence-electron chi connectivity index (χ0n) is 14.4. The second-order valence-electron chi connectivity index (χ2n) is 6.86. The summed E-state index contributed by atoms with van der Waals surface area (Å²) in [6.07, 6.45) is 4.43. The number of carbonyl (C=O) groups excluding carboxylic acids is 1. The van der Waals surface area contributed by atoms with Crippen LogP contribution in [0.3, 0.4) is 0 Å². The van der Waals surface area contributed by atoms with E-state index in [2.05, 4.69) is 10.4 Å². The molecule has 2 aromatic carbocycles. The molecule has 0 spiro atoms. The largest absolute Gasteiger partial charge is 0.379 e. The molecular weight excluding hydrogens is 326 g/mol. The average molecular weight is 347 g/mol. The van der Waals surface area contributed by atoms with E-state index < -0.39 is 5.60 Å². The molecule has 26 heavy (non-hydrogen) atoms. The Morgan fingerprint density at radius 1 is 1.04 bits per heavy atom. The van der Waals surface area contributed by atoms with Gasteiger partial charge in [0.25, 0.3) is 5.91 Å². The van der Waals surface area contributed by atoms with Crippen molar-refractivity contribution in [3.63, 3.8) is 0 Å². The molecule has 0 fully saturated rings. The molecule has 1 amide bonds. The maximum atomic E-state index is 12.5. The third-order valence-electron chi connectivity index (χ3n) is 4.89. The molecule has 0 unspecified atom stereocenters. The van der Waals surface area contributed by atoms with Gasteiger partial charge in [-0.3, -0.25) is 9.48 Å². The van der Waals surface area contributed by atoms with Crippen molar-refractivity contribution >= 4 is 5.91 Å². The number of nitrogens with zero attached hydrogens (tertiary/aromatic N) is 2. The Bertz CT molecular complexity index is 876. The Morgan fingerprint density at radius 2 is 1.69 bits per heavy atom. The molecule has 1 aliphatic rings. The standard InChI is InChI=1S/C21H21N3O2/c25-20(21(26)12-18-4-1-2-5-19(18)13-21)22-14-16-6-8-17(9-7-16)15-24-11-3-10-23-24/h1-11,26H,12-15H2,(H,22,25). The van der Waals surface area contributed by atoms with Gasteiger partial charge in [0.15, 0.2) is 5.60 Å². The number of rotatable bonds is 5. The van der Waals surface area contributed by atoms with Crippen molar-refractivity contribution in [3.05, 3.63) is 89.2 Å². The van der Waals surface area contributed by atoms with Crippen LogP contribution >= 0.6 is 0 Å². The number of amides is 1. The summed E-state index contributed by atoms with van der Waals surface area (Å²) in [5.74, 6) is -0.311. The molecule has 2 N–H and O–H groups in total. The maximum Gasteiger partial charge on any atom is 0.252 e. The number of hydrogen-bond acceptors (Lipinski definition) is 3. The Morgan fingerprint density at radius 3 is 2.31 bits per heavy atom. The van der Waals surface area contributed by atoms with E-state index in [1.54, 1.807) is 6.20 Å². The highest BCUT2D eigenvalue weighted by Gasteiger charge is 2.41. The van der Waals surface area contributed by atoms with E-state index in [0.717, 1.165) is 28.8 Å². The third-order valence-corrected chi connectivity index (χ3v) is 4.89. The van der Waals surface area contributed by atoms with Crippen molar-refractivity contribution in [1.29, 1.82) is 0 Å². The summed E-state index contributed by atoms with van der Waals surface area (Å²) >= 11 is 0. The second-order valence-corrected chi connectivity index (χ2v) is 6.86. The lowest BCUT2D eigenvalue weighted by Gasteiger charge is -2.21. The third kappa shape index (κ3) is 3.39. The van der Waals surface area contributed by atoms with Crippen molar-refractivity contribution in [2.75, 3.05) is 0 Å². The smallest absolute Gasteiger partial charge is 0.252 e. The van der Waals surface area contributed by atoms with Crippen LogP contribution in [0.15, 0.2) is 67.0 Å². The fourth-order valence-corrected chi connectivity index (χ4v) is 3.45. The quantitative estimate of drug-likeness (QED) is 0.743. The lowest BCUT2D eigenvalue weighted by molar-refractivity contribution is -0.139. The fraction of sp³-hybridized carbons (Fsp3) is 0.238. The van der Waals surface area contributed by atoms with Crippen LogP contribution in [-0.2, 0) is 30.7 Å². The molecule has 5 nitrogen and oxygen atoms in total. The van der Waals surface area contributed by atoms with E-state index in [-0.39, 0.29) is 5.91 Å². The summed E-state index contributed by atoms with van der Waals surface area (Å²) in [6, 6.07) is 17.8. The maximum absolute atomic E-state index is 12.5. The van der Waals surface area contributed by atoms with Gasteiger partial charge in [-0.25, -0.2) is 0 Å². The van der Waals surface area contributed by atoms with Gasteiger partial charge < -0.3 is 10.4 Å². The minimum atomic E-state index is -1.34. The minimum Gasteiger partial charge on any atom is -0.379 e. The van der Waals surface area contributed by atoms with Crippen LogP contribution in [0.4, 0.5) is 0 Å². The summed E-state index contributed by atoms with van der Waals surface area (Å²) in [5.41, 5.74) is 2.90. The first-order valence-electron chi connectivity index (χ1n) is 8.75. The van der Waals surface area contributed by atoms with Gasteiger partial charge in [-0.15, -0.1) is 0 Å². The van der Waals surface area contributed by atoms with Gasteiger partial charge in [0, 0.05) is 31.8 Å². The van der Waals surface area contributed by atoms with Crippen molar-refractivity contribution in [2.24, 2.45) is 0 Å². The van der Waals surface area contributed by atoms with Crippen molar-refractivity contribution in [1.82, 2.24) is 15.1 Å². The molecule has 1 aliphatic carbocycles. The zero-order chi connectivity index (χ0) is 18.0. The van der Waals surface area contributed by atoms with Crippen molar-refractivity contribution in [3.8, 4) is 0 Å². The van der Waals surface area contributed by atoms with Crippen LogP contribution in [0.2, 0.25) is 0 Å². The van der Waals surface area contributed by atoms with Gasteiger partial charge in [-0.2, -0.15) is 5.10 Å². The highest BCUT2D eigenvalue weighted by Crippen LogP contribution is 2.30. The lowest BCUT2D eigenvalue weighted by atomic mass is 9.99. The molecule has 3 aromatic rings. The number of carbonyl (C=O) groups is 1. The molecule has 0 saturated heterocycles. The highest BCUT2D eigenvalue weighted by atomic mass is 16.3.